The molecule has 1 atom stereocenters. The average molecular weight is 495 g/mol. The van der Waals surface area contributed by atoms with Crippen molar-refractivity contribution in [3.05, 3.63) is 125 Å². The molecule has 1 aliphatic heterocycles. The van der Waals surface area contributed by atoms with Crippen LogP contribution in [0.3, 0.4) is 0 Å². The van der Waals surface area contributed by atoms with Crippen LogP contribution in [0, 0.1) is 6.92 Å². The summed E-state index contributed by atoms with van der Waals surface area (Å²) in [6.07, 6.45) is 2.34. The highest BCUT2D eigenvalue weighted by atomic mass is 16.5. The molecule has 6 nitrogen and oxygen atoms in total. The molecule has 3 aromatic carbocycles. The van der Waals surface area contributed by atoms with Crippen molar-refractivity contribution >= 4 is 11.8 Å². The van der Waals surface area contributed by atoms with Gasteiger partial charge in [-0.3, -0.25) is 9.59 Å². The summed E-state index contributed by atoms with van der Waals surface area (Å²) in [6.45, 7) is 2.97. The number of amides is 2. The standard InChI is InChI=1S/C31H30N2O4/c1-22-8-6-11-25(18-22)30-28-19-26(37-21-29(34)32(2)20-27-12-7-17-36-27)14-13-23(28)15-16-33(30)31(35)24-9-4-3-5-10-24/h3-14,17-19,30H,15-16,20-21H2,1-2H3/t30-/m1/s1. The van der Waals surface area contributed by atoms with E-state index >= 15 is 0 Å². The van der Waals surface area contributed by atoms with Crippen molar-refractivity contribution in [3.63, 3.8) is 0 Å². The van der Waals surface area contributed by atoms with E-state index in [1.54, 1.807) is 24.3 Å². The number of fused-ring (bicyclic) bond motifs is 1. The summed E-state index contributed by atoms with van der Waals surface area (Å²) in [5.41, 5.74) is 5.06. The second kappa shape index (κ2) is 10.7. The predicted molar refractivity (Wildman–Crippen MR) is 141 cm³/mol. The van der Waals surface area contributed by atoms with Crippen LogP contribution in [0.1, 0.15) is 44.4 Å². The summed E-state index contributed by atoms with van der Waals surface area (Å²) in [4.78, 5) is 29.8. The molecular formula is C31H30N2O4. The summed E-state index contributed by atoms with van der Waals surface area (Å²) in [5.74, 6) is 1.17. The van der Waals surface area contributed by atoms with Gasteiger partial charge in [-0.25, -0.2) is 0 Å². The Balaban J connectivity index is 1.41. The van der Waals surface area contributed by atoms with Gasteiger partial charge in [-0.2, -0.15) is 0 Å². The second-order valence-electron chi connectivity index (χ2n) is 9.41. The molecule has 6 heteroatoms. The monoisotopic (exact) mass is 494 g/mol. The van der Waals surface area contributed by atoms with Gasteiger partial charge in [0.2, 0.25) is 0 Å². The van der Waals surface area contributed by atoms with Crippen molar-refractivity contribution in [2.75, 3.05) is 20.2 Å². The number of aryl methyl sites for hydroxylation is 1. The number of carbonyl (C=O) groups is 2. The SMILES string of the molecule is Cc1cccc([C@@H]2c3cc(OCC(=O)N(C)Cc4ccco4)ccc3CCN2C(=O)c2ccccc2)c1. The first-order chi connectivity index (χ1) is 18.0. The molecule has 0 aliphatic carbocycles. The number of hydrogen-bond acceptors (Lipinski definition) is 4. The largest absolute Gasteiger partial charge is 0.484 e. The molecule has 0 N–H and O–H groups in total. The fourth-order valence-electron chi connectivity index (χ4n) is 4.83. The third-order valence-electron chi connectivity index (χ3n) is 6.75. The highest BCUT2D eigenvalue weighted by Crippen LogP contribution is 2.38. The Morgan fingerprint density at radius 2 is 1.84 bits per heavy atom. The molecule has 0 radical (unpaired) electrons. The second-order valence-corrected chi connectivity index (χ2v) is 9.41. The number of rotatable bonds is 7. The van der Waals surface area contributed by atoms with Crippen LogP contribution in [0.4, 0.5) is 0 Å². The minimum absolute atomic E-state index is 0.00111. The van der Waals surface area contributed by atoms with E-state index in [2.05, 4.69) is 31.2 Å². The molecule has 0 bridgehead atoms. The number of hydrogen-bond donors (Lipinski definition) is 0. The number of benzene rings is 3. The van der Waals surface area contributed by atoms with E-state index in [-0.39, 0.29) is 24.5 Å². The zero-order chi connectivity index (χ0) is 25.8. The molecular weight excluding hydrogens is 464 g/mol. The Bertz CT molecular complexity index is 1380. The van der Waals surface area contributed by atoms with Gasteiger partial charge in [0, 0.05) is 19.2 Å². The van der Waals surface area contributed by atoms with Crippen molar-refractivity contribution in [3.8, 4) is 5.75 Å². The van der Waals surface area contributed by atoms with Gasteiger partial charge in [-0.05, 0) is 66.4 Å². The topological polar surface area (TPSA) is 63.0 Å². The van der Waals surface area contributed by atoms with Gasteiger partial charge in [0.15, 0.2) is 6.61 Å². The lowest BCUT2D eigenvalue weighted by atomic mass is 9.87. The molecule has 0 saturated heterocycles. The summed E-state index contributed by atoms with van der Waals surface area (Å²) in [7, 11) is 1.72. The van der Waals surface area contributed by atoms with Gasteiger partial charge in [-0.1, -0.05) is 54.1 Å². The number of furan rings is 1. The van der Waals surface area contributed by atoms with Gasteiger partial charge in [0.05, 0.1) is 18.8 Å². The Morgan fingerprint density at radius 1 is 1.00 bits per heavy atom. The molecule has 1 aromatic heterocycles. The molecule has 0 unspecified atom stereocenters. The third-order valence-corrected chi connectivity index (χ3v) is 6.75. The maximum atomic E-state index is 13.6. The first kappa shape index (κ1) is 24.4. The van der Waals surface area contributed by atoms with E-state index in [4.69, 9.17) is 9.15 Å². The average Bonchev–Trinajstić information content (AvgIpc) is 3.44. The first-order valence-electron chi connectivity index (χ1n) is 12.4. The van der Waals surface area contributed by atoms with Crippen molar-refractivity contribution in [2.45, 2.75) is 25.9 Å². The molecule has 2 heterocycles. The lowest BCUT2D eigenvalue weighted by molar-refractivity contribution is -0.132. The molecule has 4 aromatic rings. The van der Waals surface area contributed by atoms with Crippen molar-refractivity contribution < 1.29 is 18.7 Å². The molecule has 37 heavy (non-hydrogen) atoms. The van der Waals surface area contributed by atoms with Gasteiger partial charge < -0.3 is 19.0 Å². The minimum atomic E-state index is -0.253. The van der Waals surface area contributed by atoms with Crippen molar-refractivity contribution in [2.24, 2.45) is 0 Å². The number of carbonyl (C=O) groups excluding carboxylic acids is 2. The molecule has 1 aliphatic rings. The van der Waals surface area contributed by atoms with Crippen LogP contribution in [0.2, 0.25) is 0 Å². The highest BCUT2D eigenvalue weighted by Gasteiger charge is 2.33. The van der Waals surface area contributed by atoms with Crippen LogP contribution in [0.15, 0.2) is 95.6 Å². The van der Waals surface area contributed by atoms with E-state index in [1.807, 2.05) is 59.5 Å². The molecule has 5 rings (SSSR count). The van der Waals surface area contributed by atoms with Gasteiger partial charge >= 0.3 is 0 Å². The number of ether oxygens (including phenoxy) is 1. The Hall–Kier alpha value is -4.32. The Kier molecular flexibility index (Phi) is 7.08. The fraction of sp³-hybridized carbons (Fsp3) is 0.226. The van der Waals surface area contributed by atoms with Gasteiger partial charge in [0.1, 0.15) is 11.5 Å². The lowest BCUT2D eigenvalue weighted by Gasteiger charge is -2.38. The van der Waals surface area contributed by atoms with Crippen LogP contribution in [0.25, 0.3) is 0 Å². The van der Waals surface area contributed by atoms with Crippen LogP contribution < -0.4 is 4.74 Å². The quantitative estimate of drug-likeness (QED) is 0.345. The van der Waals surface area contributed by atoms with Gasteiger partial charge in [0.25, 0.3) is 11.8 Å². The normalized spacial score (nSPS) is 14.6. The molecule has 0 fully saturated rings. The summed E-state index contributed by atoms with van der Waals surface area (Å²) in [5, 5.41) is 0. The van der Waals surface area contributed by atoms with E-state index < -0.39 is 0 Å². The Morgan fingerprint density at radius 3 is 2.59 bits per heavy atom. The summed E-state index contributed by atoms with van der Waals surface area (Å²) >= 11 is 0. The number of likely N-dealkylation sites (N-methyl/N-ethyl adjacent to an activating group) is 1. The van der Waals surface area contributed by atoms with E-state index in [0.29, 0.717) is 30.2 Å². The zero-order valence-electron chi connectivity index (χ0n) is 21.1. The maximum Gasteiger partial charge on any atom is 0.260 e. The van der Waals surface area contributed by atoms with Gasteiger partial charge in [-0.15, -0.1) is 0 Å². The van der Waals surface area contributed by atoms with Crippen molar-refractivity contribution in [1.29, 1.82) is 0 Å². The summed E-state index contributed by atoms with van der Waals surface area (Å²) < 4.78 is 11.3. The van der Waals surface area contributed by atoms with Crippen LogP contribution in [-0.2, 0) is 17.8 Å². The van der Waals surface area contributed by atoms with Crippen LogP contribution in [0.5, 0.6) is 5.75 Å². The zero-order valence-corrected chi connectivity index (χ0v) is 21.1. The predicted octanol–water partition coefficient (Wildman–Crippen LogP) is 5.41. The van der Waals surface area contributed by atoms with Crippen molar-refractivity contribution in [1.82, 2.24) is 9.80 Å². The van der Waals surface area contributed by atoms with E-state index in [0.717, 1.165) is 23.1 Å². The molecule has 0 saturated carbocycles. The first-order valence-corrected chi connectivity index (χ1v) is 12.4. The smallest absolute Gasteiger partial charge is 0.260 e. The maximum absolute atomic E-state index is 13.6. The van der Waals surface area contributed by atoms with Crippen LogP contribution >= 0.6 is 0 Å². The molecule has 188 valence electrons. The lowest BCUT2D eigenvalue weighted by Crippen LogP contribution is -2.40. The van der Waals surface area contributed by atoms with E-state index in [9.17, 15) is 9.59 Å². The highest BCUT2D eigenvalue weighted by molar-refractivity contribution is 5.95. The summed E-state index contributed by atoms with van der Waals surface area (Å²) in [6, 6.07) is 27.0. The Labute approximate surface area is 217 Å². The fourth-order valence-corrected chi connectivity index (χ4v) is 4.83. The van der Waals surface area contributed by atoms with E-state index in [1.165, 1.54) is 5.56 Å². The molecule has 0 spiro atoms. The number of nitrogens with zero attached hydrogens (tertiary/aromatic N) is 2. The molecule has 2 amide bonds. The third kappa shape index (κ3) is 5.43. The van der Waals surface area contributed by atoms with Crippen LogP contribution in [-0.4, -0.2) is 41.8 Å². The minimum Gasteiger partial charge on any atom is -0.484 e.